The standard InChI is InChI=1S/C15H19BrO/c16-15-9-5-4-8-13(15)10-14(11-17)12-6-2-1-3-7-12/h4-5,8-10,12,17H,1-3,6-7,11H2. The second kappa shape index (κ2) is 6.36. The van der Waals surface area contributed by atoms with Gasteiger partial charge in [0.2, 0.25) is 0 Å². The van der Waals surface area contributed by atoms with Crippen LogP contribution in [0.4, 0.5) is 0 Å². The summed E-state index contributed by atoms with van der Waals surface area (Å²) in [6, 6.07) is 8.18. The fraction of sp³-hybridized carbons (Fsp3) is 0.467. The zero-order chi connectivity index (χ0) is 12.1. The molecule has 0 spiro atoms. The molecule has 0 unspecified atom stereocenters. The molecule has 0 saturated heterocycles. The predicted octanol–water partition coefficient (Wildman–Crippen LogP) is 4.41. The Morgan fingerprint density at radius 1 is 1.24 bits per heavy atom. The highest BCUT2D eigenvalue weighted by Gasteiger charge is 2.17. The summed E-state index contributed by atoms with van der Waals surface area (Å²) in [4.78, 5) is 0. The van der Waals surface area contributed by atoms with Crippen molar-refractivity contribution in [3.8, 4) is 0 Å². The summed E-state index contributed by atoms with van der Waals surface area (Å²) >= 11 is 3.55. The fourth-order valence-electron chi connectivity index (χ4n) is 2.56. The summed E-state index contributed by atoms with van der Waals surface area (Å²) in [5, 5.41) is 9.55. The first kappa shape index (κ1) is 12.8. The minimum absolute atomic E-state index is 0.187. The maximum absolute atomic E-state index is 9.55. The lowest BCUT2D eigenvalue weighted by Gasteiger charge is -2.23. The van der Waals surface area contributed by atoms with Gasteiger partial charge in [-0.05, 0) is 36.0 Å². The van der Waals surface area contributed by atoms with E-state index in [1.54, 1.807) is 0 Å². The van der Waals surface area contributed by atoms with E-state index < -0.39 is 0 Å². The van der Waals surface area contributed by atoms with Crippen LogP contribution in [0.1, 0.15) is 37.7 Å². The first-order valence-corrected chi connectivity index (χ1v) is 7.16. The molecule has 1 fully saturated rings. The Kier molecular flexibility index (Phi) is 4.81. The molecule has 92 valence electrons. The highest BCUT2D eigenvalue weighted by molar-refractivity contribution is 9.10. The van der Waals surface area contributed by atoms with Gasteiger partial charge < -0.3 is 5.11 Å². The van der Waals surface area contributed by atoms with Crippen molar-refractivity contribution in [2.75, 3.05) is 6.61 Å². The topological polar surface area (TPSA) is 20.2 Å². The van der Waals surface area contributed by atoms with E-state index in [0.29, 0.717) is 5.92 Å². The van der Waals surface area contributed by atoms with Gasteiger partial charge in [-0.2, -0.15) is 0 Å². The molecule has 2 rings (SSSR count). The van der Waals surface area contributed by atoms with Crippen molar-refractivity contribution in [2.45, 2.75) is 32.1 Å². The Bertz CT molecular complexity index is 392. The van der Waals surface area contributed by atoms with E-state index in [2.05, 4.69) is 28.1 Å². The zero-order valence-electron chi connectivity index (χ0n) is 10.0. The van der Waals surface area contributed by atoms with Gasteiger partial charge in [0, 0.05) is 4.47 Å². The minimum Gasteiger partial charge on any atom is -0.392 e. The van der Waals surface area contributed by atoms with Crippen LogP contribution >= 0.6 is 15.9 Å². The van der Waals surface area contributed by atoms with Crippen molar-refractivity contribution in [3.63, 3.8) is 0 Å². The lowest BCUT2D eigenvalue weighted by Crippen LogP contribution is -2.11. The van der Waals surface area contributed by atoms with Gasteiger partial charge in [-0.25, -0.2) is 0 Å². The first-order valence-electron chi connectivity index (χ1n) is 6.37. The van der Waals surface area contributed by atoms with Crippen molar-refractivity contribution in [1.29, 1.82) is 0 Å². The number of aliphatic hydroxyl groups excluding tert-OH is 1. The van der Waals surface area contributed by atoms with Crippen LogP contribution in [0.25, 0.3) is 6.08 Å². The van der Waals surface area contributed by atoms with Gasteiger partial charge in [-0.3, -0.25) is 0 Å². The Labute approximate surface area is 112 Å². The minimum atomic E-state index is 0.187. The van der Waals surface area contributed by atoms with Crippen LogP contribution in [0.3, 0.4) is 0 Å². The number of hydrogen-bond donors (Lipinski definition) is 1. The lowest BCUT2D eigenvalue weighted by molar-refractivity contribution is 0.295. The number of hydrogen-bond acceptors (Lipinski definition) is 1. The first-order chi connectivity index (χ1) is 8.31. The van der Waals surface area contributed by atoms with E-state index in [1.807, 2.05) is 18.2 Å². The lowest BCUT2D eigenvalue weighted by atomic mass is 9.83. The summed E-state index contributed by atoms with van der Waals surface area (Å²) < 4.78 is 1.10. The van der Waals surface area contributed by atoms with Crippen LogP contribution in [0, 0.1) is 5.92 Å². The third-order valence-corrected chi connectivity index (χ3v) is 4.28. The summed E-state index contributed by atoms with van der Waals surface area (Å²) in [5.74, 6) is 0.584. The number of aliphatic hydroxyl groups is 1. The molecule has 0 heterocycles. The monoisotopic (exact) mass is 294 g/mol. The van der Waals surface area contributed by atoms with E-state index in [9.17, 15) is 5.11 Å². The molecular weight excluding hydrogens is 276 g/mol. The quantitative estimate of drug-likeness (QED) is 0.876. The van der Waals surface area contributed by atoms with Crippen LogP contribution < -0.4 is 0 Å². The molecule has 17 heavy (non-hydrogen) atoms. The summed E-state index contributed by atoms with van der Waals surface area (Å²) in [5.41, 5.74) is 2.36. The number of rotatable bonds is 3. The van der Waals surface area contributed by atoms with Crippen molar-refractivity contribution >= 4 is 22.0 Å². The van der Waals surface area contributed by atoms with E-state index >= 15 is 0 Å². The molecule has 1 saturated carbocycles. The zero-order valence-corrected chi connectivity index (χ0v) is 11.6. The van der Waals surface area contributed by atoms with E-state index in [-0.39, 0.29) is 6.61 Å². The molecule has 1 nitrogen and oxygen atoms in total. The third-order valence-electron chi connectivity index (χ3n) is 3.56. The molecule has 1 N–H and O–H groups in total. The maximum Gasteiger partial charge on any atom is 0.0647 e. The summed E-state index contributed by atoms with van der Waals surface area (Å²) in [7, 11) is 0. The third kappa shape index (κ3) is 3.43. The Hall–Kier alpha value is -0.600. The highest BCUT2D eigenvalue weighted by Crippen LogP contribution is 2.31. The van der Waals surface area contributed by atoms with Crippen LogP contribution in [0.15, 0.2) is 34.3 Å². The average Bonchev–Trinajstić information content (AvgIpc) is 2.39. The van der Waals surface area contributed by atoms with Crippen LogP contribution in [-0.4, -0.2) is 11.7 Å². The van der Waals surface area contributed by atoms with E-state index in [4.69, 9.17) is 0 Å². The van der Waals surface area contributed by atoms with Crippen molar-refractivity contribution in [3.05, 3.63) is 39.9 Å². The molecule has 1 aromatic rings. The molecule has 2 heteroatoms. The van der Waals surface area contributed by atoms with Gasteiger partial charge in [0.1, 0.15) is 0 Å². The fourth-order valence-corrected chi connectivity index (χ4v) is 2.96. The predicted molar refractivity (Wildman–Crippen MR) is 75.8 cm³/mol. The normalized spacial score (nSPS) is 18.4. The van der Waals surface area contributed by atoms with Gasteiger partial charge in [0.05, 0.1) is 6.61 Å². The average molecular weight is 295 g/mol. The summed E-state index contributed by atoms with van der Waals surface area (Å²) in [6.45, 7) is 0.187. The van der Waals surface area contributed by atoms with Gasteiger partial charge in [0.15, 0.2) is 0 Å². The Morgan fingerprint density at radius 3 is 2.59 bits per heavy atom. The molecular formula is C15H19BrO. The molecule has 0 aromatic heterocycles. The van der Waals surface area contributed by atoms with Gasteiger partial charge in [-0.15, -0.1) is 0 Å². The number of halogens is 1. The van der Waals surface area contributed by atoms with E-state index in [1.165, 1.54) is 43.2 Å². The van der Waals surface area contributed by atoms with Crippen molar-refractivity contribution in [2.24, 2.45) is 5.92 Å². The summed E-state index contributed by atoms with van der Waals surface area (Å²) in [6.07, 6.45) is 8.58. The van der Waals surface area contributed by atoms with Gasteiger partial charge >= 0.3 is 0 Å². The SMILES string of the molecule is OCC(=Cc1ccccc1Br)C1CCCCC1. The molecule has 0 aliphatic heterocycles. The van der Waals surface area contributed by atoms with Crippen LogP contribution in [-0.2, 0) is 0 Å². The smallest absolute Gasteiger partial charge is 0.0647 e. The second-order valence-electron chi connectivity index (χ2n) is 4.73. The molecule has 0 radical (unpaired) electrons. The molecule has 1 aliphatic rings. The molecule has 1 aromatic carbocycles. The van der Waals surface area contributed by atoms with Gasteiger partial charge in [0.25, 0.3) is 0 Å². The Balaban J connectivity index is 2.19. The van der Waals surface area contributed by atoms with Crippen LogP contribution in [0.5, 0.6) is 0 Å². The molecule has 0 bridgehead atoms. The van der Waals surface area contributed by atoms with Crippen LogP contribution in [0.2, 0.25) is 0 Å². The van der Waals surface area contributed by atoms with E-state index in [0.717, 1.165) is 4.47 Å². The van der Waals surface area contributed by atoms with Crippen molar-refractivity contribution < 1.29 is 5.11 Å². The molecule has 0 atom stereocenters. The molecule has 0 amide bonds. The van der Waals surface area contributed by atoms with Crippen molar-refractivity contribution in [1.82, 2.24) is 0 Å². The van der Waals surface area contributed by atoms with Gasteiger partial charge in [-0.1, -0.05) is 59.5 Å². The second-order valence-corrected chi connectivity index (χ2v) is 5.59. The maximum atomic E-state index is 9.55. The molecule has 1 aliphatic carbocycles. The highest BCUT2D eigenvalue weighted by atomic mass is 79.9. The Morgan fingerprint density at radius 2 is 1.94 bits per heavy atom. The largest absolute Gasteiger partial charge is 0.392 e. The number of benzene rings is 1.